The summed E-state index contributed by atoms with van der Waals surface area (Å²) < 4.78 is 0. The zero-order valence-electron chi connectivity index (χ0n) is 10.9. The molecule has 0 unspecified atom stereocenters. The average molecular weight is 273 g/mol. The predicted molar refractivity (Wildman–Crippen MR) is 65.2 cm³/mol. The van der Waals surface area contributed by atoms with Gasteiger partial charge in [0, 0.05) is 24.9 Å². The molecule has 0 saturated carbocycles. The summed E-state index contributed by atoms with van der Waals surface area (Å²) in [7, 11) is 0. The fourth-order valence-electron chi connectivity index (χ4n) is 2.11. The zero-order chi connectivity index (χ0) is 14.8. The number of primary amides is 1. The van der Waals surface area contributed by atoms with E-state index in [0.29, 0.717) is 0 Å². The van der Waals surface area contributed by atoms with Crippen molar-refractivity contribution in [2.45, 2.75) is 44.4 Å². The Morgan fingerprint density at radius 3 is 2.47 bits per heavy atom. The Labute approximate surface area is 110 Å². The molecule has 0 aromatic carbocycles. The molecule has 0 aromatic rings. The molecule has 8 heteroatoms. The molecule has 1 heterocycles. The molecule has 19 heavy (non-hydrogen) atoms. The molecule has 0 spiro atoms. The van der Waals surface area contributed by atoms with E-state index in [-0.39, 0.29) is 19.4 Å². The summed E-state index contributed by atoms with van der Waals surface area (Å²) in [5.74, 6) is -1.74. The number of nitrogens with zero attached hydrogens (tertiary/aromatic N) is 1. The lowest BCUT2D eigenvalue weighted by Gasteiger charge is -2.29. The van der Waals surface area contributed by atoms with E-state index in [0.717, 1.165) is 4.90 Å². The van der Waals surface area contributed by atoms with Gasteiger partial charge in [-0.15, -0.1) is 0 Å². The molecule has 0 radical (unpaired) electrons. The molecule has 1 fully saturated rings. The van der Waals surface area contributed by atoms with E-state index in [4.69, 9.17) is 10.8 Å². The Morgan fingerprint density at radius 1 is 1.42 bits per heavy atom. The van der Waals surface area contributed by atoms with Crippen LogP contribution in [0.1, 0.15) is 26.7 Å². The second-order valence-electron chi connectivity index (χ2n) is 5.35. The van der Waals surface area contributed by atoms with Crippen LogP contribution in [0.3, 0.4) is 0 Å². The molecule has 0 aliphatic carbocycles. The monoisotopic (exact) mass is 273 g/mol. The van der Waals surface area contributed by atoms with Gasteiger partial charge in [-0.25, -0.2) is 9.59 Å². The molecule has 0 bridgehead atoms. The highest BCUT2D eigenvalue weighted by Crippen LogP contribution is 2.19. The third kappa shape index (κ3) is 4.09. The highest BCUT2D eigenvalue weighted by molar-refractivity contribution is 5.84. The van der Waals surface area contributed by atoms with Crippen molar-refractivity contribution in [3.8, 4) is 0 Å². The Kier molecular flexibility index (Phi) is 4.35. The van der Waals surface area contributed by atoms with Crippen LogP contribution in [0.25, 0.3) is 0 Å². The van der Waals surface area contributed by atoms with Crippen molar-refractivity contribution in [2.24, 2.45) is 5.73 Å². The van der Waals surface area contributed by atoms with Crippen LogP contribution in [0.5, 0.6) is 0 Å². The number of aliphatic hydroxyl groups excluding tert-OH is 1. The Bertz CT molecular complexity index is 396. The van der Waals surface area contributed by atoms with Gasteiger partial charge in [0.2, 0.25) is 5.91 Å². The molecule has 1 rings (SSSR count). The third-order valence-electron chi connectivity index (χ3n) is 2.89. The number of amides is 3. The van der Waals surface area contributed by atoms with Gasteiger partial charge in [0.05, 0.1) is 6.10 Å². The zero-order valence-corrected chi connectivity index (χ0v) is 10.9. The average Bonchev–Trinajstić information content (AvgIpc) is 2.57. The number of β-amino-alcohol motifs (C(OH)–C–C–N with tert-alkyl or cyclic N) is 1. The molecule has 1 saturated heterocycles. The minimum atomic E-state index is -1.17. The van der Waals surface area contributed by atoms with Crippen LogP contribution in [0.2, 0.25) is 0 Å². The van der Waals surface area contributed by atoms with E-state index in [1.807, 2.05) is 0 Å². The lowest BCUT2D eigenvalue weighted by molar-refractivity contribution is -0.141. The van der Waals surface area contributed by atoms with E-state index < -0.39 is 35.6 Å². The van der Waals surface area contributed by atoms with Crippen LogP contribution < -0.4 is 11.1 Å². The van der Waals surface area contributed by atoms with Crippen LogP contribution in [0.4, 0.5) is 4.79 Å². The fourth-order valence-corrected chi connectivity index (χ4v) is 2.11. The van der Waals surface area contributed by atoms with Crippen LogP contribution in [-0.4, -0.2) is 57.3 Å². The second-order valence-corrected chi connectivity index (χ2v) is 5.35. The Hall–Kier alpha value is -1.83. The number of nitrogens with one attached hydrogen (secondary N) is 1. The number of carboxylic acid groups (broad SMARTS) is 1. The number of rotatable bonds is 4. The number of aliphatic carboxylic acids is 1. The van der Waals surface area contributed by atoms with Gasteiger partial charge in [-0.3, -0.25) is 4.79 Å². The molecule has 1 aliphatic rings. The second kappa shape index (κ2) is 5.43. The maximum Gasteiger partial charge on any atom is 0.326 e. The van der Waals surface area contributed by atoms with Crippen molar-refractivity contribution in [3.63, 3.8) is 0 Å². The van der Waals surface area contributed by atoms with Gasteiger partial charge in [0.25, 0.3) is 0 Å². The van der Waals surface area contributed by atoms with Crippen molar-refractivity contribution >= 4 is 17.9 Å². The molecular formula is C11H19N3O5. The number of carbonyl (C=O) groups excluding carboxylic acids is 2. The molecule has 0 aromatic heterocycles. The van der Waals surface area contributed by atoms with Gasteiger partial charge < -0.3 is 26.2 Å². The molecule has 3 amide bonds. The van der Waals surface area contributed by atoms with Crippen molar-refractivity contribution in [2.75, 3.05) is 6.54 Å². The number of nitrogens with two attached hydrogens (primary N) is 1. The maximum absolute atomic E-state index is 12.0. The first-order valence-electron chi connectivity index (χ1n) is 5.90. The summed E-state index contributed by atoms with van der Waals surface area (Å²) in [6.45, 7) is 3.17. The van der Waals surface area contributed by atoms with Crippen molar-refractivity contribution < 1.29 is 24.6 Å². The first kappa shape index (κ1) is 15.2. The van der Waals surface area contributed by atoms with Gasteiger partial charge in [-0.1, -0.05) is 0 Å². The number of urea groups is 1. The van der Waals surface area contributed by atoms with Crippen molar-refractivity contribution in [3.05, 3.63) is 0 Å². The smallest absolute Gasteiger partial charge is 0.326 e. The van der Waals surface area contributed by atoms with Gasteiger partial charge in [-0.05, 0) is 13.8 Å². The standard InChI is InChI=1S/C11H19N3O5/c1-11(2,4-8(12)16)13-10(19)14-5-6(15)3-7(14)9(17)18/h6-7,15H,3-5H2,1-2H3,(H2,12,16)(H,13,19)(H,17,18)/t6-,7+/m1/s1. The van der Waals surface area contributed by atoms with Crippen molar-refractivity contribution in [1.29, 1.82) is 0 Å². The Balaban J connectivity index is 2.71. The first-order chi connectivity index (χ1) is 8.62. The van der Waals surface area contributed by atoms with E-state index >= 15 is 0 Å². The third-order valence-corrected chi connectivity index (χ3v) is 2.89. The largest absolute Gasteiger partial charge is 0.480 e. The summed E-state index contributed by atoms with van der Waals surface area (Å²) in [5.41, 5.74) is 4.19. The van der Waals surface area contributed by atoms with Crippen LogP contribution in [-0.2, 0) is 9.59 Å². The summed E-state index contributed by atoms with van der Waals surface area (Å²) >= 11 is 0. The summed E-state index contributed by atoms with van der Waals surface area (Å²) in [6, 6.07) is -1.69. The van der Waals surface area contributed by atoms with E-state index in [9.17, 15) is 19.5 Å². The minimum Gasteiger partial charge on any atom is -0.480 e. The molecule has 8 nitrogen and oxygen atoms in total. The van der Waals surface area contributed by atoms with Gasteiger partial charge >= 0.3 is 12.0 Å². The summed E-state index contributed by atoms with van der Waals surface area (Å²) in [6.07, 6.45) is -0.919. The maximum atomic E-state index is 12.0. The van der Waals surface area contributed by atoms with E-state index in [2.05, 4.69) is 5.32 Å². The fraction of sp³-hybridized carbons (Fsp3) is 0.727. The summed E-state index contributed by atoms with van der Waals surface area (Å²) in [4.78, 5) is 34.9. The highest BCUT2D eigenvalue weighted by atomic mass is 16.4. The van der Waals surface area contributed by atoms with E-state index in [1.54, 1.807) is 13.8 Å². The number of hydrogen-bond acceptors (Lipinski definition) is 4. The van der Waals surface area contributed by atoms with Crippen molar-refractivity contribution in [1.82, 2.24) is 10.2 Å². The number of hydrogen-bond donors (Lipinski definition) is 4. The number of carbonyl (C=O) groups is 3. The van der Waals surface area contributed by atoms with Crippen LogP contribution in [0, 0.1) is 0 Å². The normalized spacial score (nSPS) is 23.2. The number of likely N-dealkylation sites (tertiary alicyclic amines) is 1. The van der Waals surface area contributed by atoms with Crippen LogP contribution in [0.15, 0.2) is 0 Å². The van der Waals surface area contributed by atoms with Gasteiger partial charge in [0.1, 0.15) is 6.04 Å². The molecule has 1 aliphatic heterocycles. The van der Waals surface area contributed by atoms with Gasteiger partial charge in [-0.2, -0.15) is 0 Å². The molecule has 2 atom stereocenters. The quantitative estimate of drug-likeness (QED) is 0.514. The van der Waals surface area contributed by atoms with Crippen LogP contribution >= 0.6 is 0 Å². The minimum absolute atomic E-state index is 0.000991. The summed E-state index contributed by atoms with van der Waals surface area (Å²) in [5, 5.41) is 21.0. The SMILES string of the molecule is CC(C)(CC(N)=O)NC(=O)N1C[C@H](O)C[C@H]1C(=O)O. The van der Waals surface area contributed by atoms with Gasteiger partial charge in [0.15, 0.2) is 0 Å². The number of aliphatic hydroxyl groups is 1. The lowest BCUT2D eigenvalue weighted by Crippen LogP contribution is -2.54. The number of carboxylic acids is 1. The molecule has 108 valence electrons. The molecular weight excluding hydrogens is 254 g/mol. The molecule has 5 N–H and O–H groups in total. The Morgan fingerprint density at radius 2 is 2.00 bits per heavy atom. The van der Waals surface area contributed by atoms with E-state index in [1.165, 1.54) is 0 Å². The lowest BCUT2D eigenvalue weighted by atomic mass is 10.0. The topological polar surface area (TPSA) is 133 Å². The predicted octanol–water partition coefficient (Wildman–Crippen LogP) is -1.13. The first-order valence-corrected chi connectivity index (χ1v) is 5.90. The highest BCUT2D eigenvalue weighted by Gasteiger charge is 2.40.